The standard InChI is InChI=1S/C24H15BS/c25-16-13-14-20-19-9-3-6-12-23(19)26(24(20)15-16)21-10-4-1-7-17(21)18-8-2-5-11-22(18)26/h1-15H. The first-order chi connectivity index (χ1) is 12.8. The van der Waals surface area contributed by atoms with Gasteiger partial charge in [-0.05, 0) is 40.5 Å². The lowest BCUT2D eigenvalue weighted by atomic mass is 9.94. The molecule has 6 rings (SSSR count). The number of fused-ring (bicyclic) bond motifs is 10. The van der Waals surface area contributed by atoms with Crippen molar-refractivity contribution in [1.29, 1.82) is 0 Å². The summed E-state index contributed by atoms with van der Waals surface area (Å²) in [5, 5.41) is 0. The average molecular weight is 346 g/mol. The van der Waals surface area contributed by atoms with Gasteiger partial charge in [0.25, 0.3) is 0 Å². The van der Waals surface area contributed by atoms with Gasteiger partial charge in [-0.3, -0.25) is 0 Å². The van der Waals surface area contributed by atoms with Crippen molar-refractivity contribution in [2.75, 3.05) is 0 Å². The van der Waals surface area contributed by atoms with Crippen molar-refractivity contribution in [3.05, 3.63) is 91.0 Å². The smallest absolute Gasteiger partial charge is 0.113 e. The van der Waals surface area contributed by atoms with Gasteiger partial charge in [0.05, 0.1) is 0 Å². The van der Waals surface area contributed by atoms with Crippen LogP contribution in [0.1, 0.15) is 0 Å². The van der Waals surface area contributed by atoms with Crippen LogP contribution >= 0.6 is 10.0 Å². The van der Waals surface area contributed by atoms with E-state index in [2.05, 4.69) is 84.9 Å². The highest BCUT2D eigenvalue weighted by Crippen LogP contribution is 2.84. The van der Waals surface area contributed by atoms with E-state index in [0.29, 0.717) is 0 Å². The largest absolute Gasteiger partial charge is 0.130 e. The number of hydrogen-bond donors (Lipinski definition) is 0. The minimum atomic E-state index is -1.47. The van der Waals surface area contributed by atoms with Crippen molar-refractivity contribution >= 4 is 23.3 Å². The first-order valence-corrected chi connectivity index (χ1v) is 10.5. The van der Waals surface area contributed by atoms with Crippen LogP contribution in [-0.4, -0.2) is 7.85 Å². The Morgan fingerprint density at radius 2 is 0.885 bits per heavy atom. The van der Waals surface area contributed by atoms with Crippen LogP contribution in [-0.2, 0) is 0 Å². The average Bonchev–Trinajstić information content (AvgIpc) is 3.15. The Morgan fingerprint density at radius 1 is 0.462 bits per heavy atom. The molecule has 0 aliphatic carbocycles. The Morgan fingerprint density at radius 3 is 1.38 bits per heavy atom. The van der Waals surface area contributed by atoms with Gasteiger partial charge < -0.3 is 0 Å². The molecule has 0 saturated heterocycles. The van der Waals surface area contributed by atoms with E-state index in [1.54, 1.807) is 0 Å². The van der Waals surface area contributed by atoms with E-state index < -0.39 is 10.0 Å². The molecule has 1 spiro atoms. The van der Waals surface area contributed by atoms with Crippen LogP contribution in [0.15, 0.2) is 111 Å². The molecule has 0 N–H and O–H groups in total. The Balaban J connectivity index is 1.88. The fraction of sp³-hybridized carbons (Fsp3) is 0. The molecular weight excluding hydrogens is 331 g/mol. The molecule has 0 aromatic heterocycles. The molecule has 0 bridgehead atoms. The van der Waals surface area contributed by atoms with Crippen LogP contribution in [0.3, 0.4) is 0 Å². The Labute approximate surface area is 156 Å². The minimum absolute atomic E-state index is 0.838. The molecule has 0 unspecified atom stereocenters. The Kier molecular flexibility index (Phi) is 2.74. The third kappa shape index (κ3) is 1.55. The molecular formula is C24H15BS. The predicted molar refractivity (Wildman–Crippen MR) is 110 cm³/mol. The summed E-state index contributed by atoms with van der Waals surface area (Å²) in [4.78, 5) is 5.71. The minimum Gasteiger partial charge on any atom is -0.130 e. The summed E-state index contributed by atoms with van der Waals surface area (Å²) >= 11 is 0. The summed E-state index contributed by atoms with van der Waals surface area (Å²) in [6.07, 6.45) is 0. The van der Waals surface area contributed by atoms with Crippen molar-refractivity contribution in [2.45, 2.75) is 19.6 Å². The van der Waals surface area contributed by atoms with Gasteiger partial charge in [0.2, 0.25) is 0 Å². The molecule has 120 valence electrons. The molecule has 2 radical (unpaired) electrons. The van der Waals surface area contributed by atoms with Crippen LogP contribution < -0.4 is 5.46 Å². The number of benzene rings is 4. The Bertz CT molecular complexity index is 1140. The zero-order valence-corrected chi connectivity index (χ0v) is 15.0. The van der Waals surface area contributed by atoms with Gasteiger partial charge in [0, 0.05) is 19.6 Å². The van der Waals surface area contributed by atoms with Crippen LogP contribution in [0.25, 0.3) is 22.3 Å². The highest BCUT2D eigenvalue weighted by atomic mass is 32.3. The van der Waals surface area contributed by atoms with Gasteiger partial charge in [-0.25, -0.2) is 0 Å². The van der Waals surface area contributed by atoms with Crippen molar-refractivity contribution < 1.29 is 0 Å². The van der Waals surface area contributed by atoms with E-state index in [-0.39, 0.29) is 0 Å². The highest BCUT2D eigenvalue weighted by Gasteiger charge is 2.47. The van der Waals surface area contributed by atoms with Crippen LogP contribution in [0.2, 0.25) is 0 Å². The lowest BCUT2D eigenvalue weighted by Gasteiger charge is -2.36. The van der Waals surface area contributed by atoms with Crippen LogP contribution in [0.4, 0.5) is 0 Å². The van der Waals surface area contributed by atoms with E-state index in [4.69, 9.17) is 7.85 Å². The molecule has 26 heavy (non-hydrogen) atoms. The third-order valence-corrected chi connectivity index (χ3v) is 9.61. The van der Waals surface area contributed by atoms with Crippen molar-refractivity contribution in [3.63, 3.8) is 0 Å². The van der Waals surface area contributed by atoms with Gasteiger partial charge in [-0.15, -0.1) is 10.0 Å². The molecule has 0 amide bonds. The summed E-state index contributed by atoms with van der Waals surface area (Å²) < 4.78 is 0. The van der Waals surface area contributed by atoms with Crippen molar-refractivity contribution in [1.82, 2.24) is 0 Å². The van der Waals surface area contributed by atoms with E-state index in [1.807, 2.05) is 6.07 Å². The van der Waals surface area contributed by atoms with Gasteiger partial charge in [0.15, 0.2) is 0 Å². The topological polar surface area (TPSA) is 0 Å². The second-order valence-corrected chi connectivity index (χ2v) is 9.84. The van der Waals surface area contributed by atoms with Crippen LogP contribution in [0, 0.1) is 0 Å². The predicted octanol–water partition coefficient (Wildman–Crippen LogP) is 5.78. The number of hydrogen-bond acceptors (Lipinski definition) is 0. The molecule has 2 heterocycles. The van der Waals surface area contributed by atoms with E-state index in [1.165, 1.54) is 41.8 Å². The van der Waals surface area contributed by atoms with E-state index in [0.717, 1.165) is 5.46 Å². The zero-order valence-electron chi connectivity index (χ0n) is 14.1. The Hall–Kier alpha value is -2.71. The summed E-state index contributed by atoms with van der Waals surface area (Å²) in [5.74, 6) is 0. The third-order valence-electron chi connectivity index (χ3n) is 5.57. The molecule has 2 aliphatic rings. The molecule has 2 aliphatic heterocycles. The van der Waals surface area contributed by atoms with E-state index >= 15 is 0 Å². The zero-order chi connectivity index (χ0) is 17.3. The highest BCUT2D eigenvalue weighted by molar-refractivity contribution is 8.34. The van der Waals surface area contributed by atoms with Crippen molar-refractivity contribution in [3.8, 4) is 22.3 Å². The fourth-order valence-electron chi connectivity index (χ4n) is 4.59. The monoisotopic (exact) mass is 346 g/mol. The maximum atomic E-state index is 6.27. The first-order valence-electron chi connectivity index (χ1n) is 8.83. The molecule has 4 aromatic rings. The number of rotatable bonds is 0. The molecule has 0 saturated carbocycles. The molecule has 4 aromatic carbocycles. The molecule has 0 nitrogen and oxygen atoms in total. The normalized spacial score (nSPS) is 15.8. The molecule has 0 atom stereocenters. The molecule has 0 fully saturated rings. The quantitative estimate of drug-likeness (QED) is 0.306. The van der Waals surface area contributed by atoms with Gasteiger partial charge in [0.1, 0.15) is 7.85 Å². The summed E-state index contributed by atoms with van der Waals surface area (Å²) in [7, 11) is 4.80. The maximum Gasteiger partial charge on any atom is 0.113 e. The van der Waals surface area contributed by atoms with Crippen LogP contribution in [0.5, 0.6) is 0 Å². The van der Waals surface area contributed by atoms with E-state index in [9.17, 15) is 0 Å². The fourth-order valence-corrected chi connectivity index (χ4v) is 9.21. The van der Waals surface area contributed by atoms with Gasteiger partial charge >= 0.3 is 0 Å². The summed E-state index contributed by atoms with van der Waals surface area (Å²) in [5.41, 5.74) is 6.25. The summed E-state index contributed by atoms with van der Waals surface area (Å²) in [6, 6.07) is 33.2. The second-order valence-electron chi connectivity index (χ2n) is 6.86. The molecule has 2 heteroatoms. The lowest BCUT2D eigenvalue weighted by molar-refractivity contribution is 1.37. The SMILES string of the molecule is [B]c1ccc2c(c1)S1(c3ccccc3-c3ccccc31)c1ccccc1-2. The lowest BCUT2D eigenvalue weighted by Crippen LogP contribution is -2.05. The first kappa shape index (κ1) is 14.5. The maximum absolute atomic E-state index is 6.27. The summed E-state index contributed by atoms with van der Waals surface area (Å²) in [6.45, 7) is 0. The van der Waals surface area contributed by atoms with Crippen molar-refractivity contribution in [2.24, 2.45) is 0 Å². The second kappa shape index (κ2) is 4.93. The van der Waals surface area contributed by atoms with Gasteiger partial charge in [-0.2, -0.15) is 0 Å². The van der Waals surface area contributed by atoms with Gasteiger partial charge in [-0.1, -0.05) is 78.3 Å².